The predicted molar refractivity (Wildman–Crippen MR) is 51.3 cm³/mol. The normalized spacial score (nSPS) is 38.8. The lowest BCUT2D eigenvalue weighted by Crippen LogP contribution is -2.45. The molecule has 0 amide bonds. The summed E-state index contributed by atoms with van der Waals surface area (Å²) >= 11 is 0. The Kier molecular flexibility index (Phi) is 2.66. The molecule has 2 aliphatic heterocycles. The van der Waals surface area contributed by atoms with Crippen LogP contribution in [-0.2, 0) is 0 Å². The van der Waals surface area contributed by atoms with Gasteiger partial charge in [0.25, 0.3) is 0 Å². The smallest absolute Gasteiger partial charge is 0.0122 e. The highest BCUT2D eigenvalue weighted by Crippen LogP contribution is 2.20. The van der Waals surface area contributed by atoms with Gasteiger partial charge in [-0.2, -0.15) is 0 Å². The molecule has 0 radical (unpaired) electrons. The summed E-state index contributed by atoms with van der Waals surface area (Å²) in [6, 6.07) is 1.63. The molecule has 2 heterocycles. The van der Waals surface area contributed by atoms with Crippen LogP contribution in [0.2, 0.25) is 0 Å². The maximum atomic E-state index is 3.51. The Morgan fingerprint density at radius 2 is 2.00 bits per heavy atom. The molecule has 0 aliphatic carbocycles. The third-order valence-corrected chi connectivity index (χ3v) is 3.25. The van der Waals surface area contributed by atoms with Crippen LogP contribution in [0.4, 0.5) is 0 Å². The van der Waals surface area contributed by atoms with Gasteiger partial charge >= 0.3 is 0 Å². The van der Waals surface area contributed by atoms with Crippen LogP contribution in [0.5, 0.6) is 0 Å². The van der Waals surface area contributed by atoms with Crippen LogP contribution in [-0.4, -0.2) is 36.6 Å². The van der Waals surface area contributed by atoms with Crippen molar-refractivity contribution in [3.05, 3.63) is 0 Å². The van der Waals surface area contributed by atoms with Crippen molar-refractivity contribution in [3.63, 3.8) is 0 Å². The summed E-state index contributed by atoms with van der Waals surface area (Å²) < 4.78 is 0. The minimum absolute atomic E-state index is 0.740. The van der Waals surface area contributed by atoms with Crippen molar-refractivity contribution >= 4 is 0 Å². The van der Waals surface area contributed by atoms with Gasteiger partial charge in [0.05, 0.1) is 0 Å². The van der Waals surface area contributed by atoms with Gasteiger partial charge in [-0.05, 0) is 52.2 Å². The fourth-order valence-corrected chi connectivity index (χ4v) is 2.54. The Morgan fingerprint density at radius 3 is 2.67 bits per heavy atom. The Hall–Kier alpha value is -0.0800. The number of nitrogens with one attached hydrogen (secondary N) is 1. The van der Waals surface area contributed by atoms with Crippen LogP contribution < -0.4 is 5.32 Å². The van der Waals surface area contributed by atoms with Crippen molar-refractivity contribution in [1.82, 2.24) is 10.2 Å². The highest BCUT2D eigenvalue weighted by atomic mass is 15.2. The lowest BCUT2D eigenvalue weighted by molar-refractivity contribution is 0.179. The van der Waals surface area contributed by atoms with E-state index in [-0.39, 0.29) is 0 Å². The first-order valence-corrected chi connectivity index (χ1v) is 5.33. The number of hydrogen-bond donors (Lipinski definition) is 1. The van der Waals surface area contributed by atoms with Crippen molar-refractivity contribution in [1.29, 1.82) is 0 Å². The Morgan fingerprint density at radius 1 is 1.25 bits per heavy atom. The van der Waals surface area contributed by atoms with E-state index in [2.05, 4.69) is 17.1 Å². The van der Waals surface area contributed by atoms with Gasteiger partial charge in [0.1, 0.15) is 0 Å². The third-order valence-electron chi connectivity index (χ3n) is 3.25. The van der Waals surface area contributed by atoms with Crippen molar-refractivity contribution in [2.24, 2.45) is 0 Å². The lowest BCUT2D eigenvalue weighted by atomic mass is 9.99. The van der Waals surface area contributed by atoms with E-state index in [9.17, 15) is 0 Å². The minimum Gasteiger partial charge on any atom is -0.314 e. The van der Waals surface area contributed by atoms with Gasteiger partial charge in [0.2, 0.25) is 0 Å². The fourth-order valence-electron chi connectivity index (χ4n) is 2.54. The van der Waals surface area contributed by atoms with Crippen molar-refractivity contribution < 1.29 is 0 Å². The molecule has 2 fully saturated rings. The number of rotatable bonds is 1. The molecule has 2 saturated heterocycles. The Bertz CT molecular complexity index is 141. The molecule has 70 valence electrons. The first-order valence-electron chi connectivity index (χ1n) is 5.33. The van der Waals surface area contributed by atoms with Gasteiger partial charge in [-0.3, -0.25) is 0 Å². The predicted octanol–water partition coefficient (Wildman–Crippen LogP) is 1.22. The van der Waals surface area contributed by atoms with Crippen molar-refractivity contribution in [2.75, 3.05) is 19.6 Å². The van der Waals surface area contributed by atoms with Crippen LogP contribution in [0.1, 0.15) is 32.6 Å². The van der Waals surface area contributed by atoms with Crippen molar-refractivity contribution in [3.8, 4) is 0 Å². The largest absolute Gasteiger partial charge is 0.314 e. The maximum Gasteiger partial charge on any atom is 0.0122 e. The number of nitrogens with zero attached hydrogens (tertiary/aromatic N) is 1. The molecule has 0 spiro atoms. The zero-order valence-corrected chi connectivity index (χ0v) is 8.05. The number of likely N-dealkylation sites (tertiary alicyclic amines) is 1. The van der Waals surface area contributed by atoms with Crippen LogP contribution >= 0.6 is 0 Å². The summed E-state index contributed by atoms with van der Waals surface area (Å²) in [7, 11) is 0. The van der Waals surface area contributed by atoms with Gasteiger partial charge in [-0.15, -0.1) is 0 Å². The van der Waals surface area contributed by atoms with E-state index >= 15 is 0 Å². The summed E-state index contributed by atoms with van der Waals surface area (Å²) in [5, 5.41) is 3.51. The number of hydrogen-bond acceptors (Lipinski definition) is 2. The second-order valence-corrected chi connectivity index (χ2v) is 4.28. The van der Waals surface area contributed by atoms with Gasteiger partial charge in [0, 0.05) is 12.1 Å². The third kappa shape index (κ3) is 1.80. The van der Waals surface area contributed by atoms with Gasteiger partial charge in [0.15, 0.2) is 0 Å². The van der Waals surface area contributed by atoms with E-state index in [1.807, 2.05) is 0 Å². The molecule has 0 aromatic heterocycles. The molecule has 2 atom stereocenters. The maximum absolute atomic E-state index is 3.51. The molecule has 12 heavy (non-hydrogen) atoms. The van der Waals surface area contributed by atoms with E-state index in [0.717, 1.165) is 12.1 Å². The molecule has 2 nitrogen and oxygen atoms in total. The molecule has 2 heteroatoms. The summed E-state index contributed by atoms with van der Waals surface area (Å²) in [5.41, 5.74) is 0. The van der Waals surface area contributed by atoms with Gasteiger partial charge < -0.3 is 10.2 Å². The Balaban J connectivity index is 1.85. The average Bonchev–Trinajstić information content (AvgIpc) is 2.56. The molecule has 2 aliphatic rings. The SMILES string of the molecule is CC1CC(N2CCCC2)CCN1. The number of piperidine rings is 1. The summed E-state index contributed by atoms with van der Waals surface area (Å²) in [5.74, 6) is 0. The Labute approximate surface area is 75.3 Å². The molecule has 0 bridgehead atoms. The standard InChI is InChI=1S/C10H20N2/c1-9-8-10(4-5-11-9)12-6-2-3-7-12/h9-11H,2-8H2,1H3. The monoisotopic (exact) mass is 168 g/mol. The molecular weight excluding hydrogens is 148 g/mol. The highest BCUT2D eigenvalue weighted by Gasteiger charge is 2.25. The second kappa shape index (κ2) is 3.75. The summed E-state index contributed by atoms with van der Waals surface area (Å²) in [6.45, 7) is 6.25. The fraction of sp³-hybridized carbons (Fsp3) is 1.00. The molecule has 1 N–H and O–H groups in total. The van der Waals surface area contributed by atoms with Crippen LogP contribution in [0.25, 0.3) is 0 Å². The van der Waals surface area contributed by atoms with Crippen LogP contribution in [0.15, 0.2) is 0 Å². The van der Waals surface area contributed by atoms with E-state index in [0.29, 0.717) is 0 Å². The highest BCUT2D eigenvalue weighted by molar-refractivity contribution is 4.84. The minimum atomic E-state index is 0.740. The summed E-state index contributed by atoms with van der Waals surface area (Å²) in [4.78, 5) is 2.69. The molecule has 0 aromatic carbocycles. The topological polar surface area (TPSA) is 15.3 Å². The first kappa shape index (κ1) is 8.52. The van der Waals surface area contributed by atoms with Crippen LogP contribution in [0.3, 0.4) is 0 Å². The average molecular weight is 168 g/mol. The zero-order valence-electron chi connectivity index (χ0n) is 8.05. The zero-order chi connectivity index (χ0) is 8.39. The van der Waals surface area contributed by atoms with E-state index in [1.165, 1.54) is 45.3 Å². The van der Waals surface area contributed by atoms with E-state index in [4.69, 9.17) is 0 Å². The van der Waals surface area contributed by atoms with E-state index in [1.54, 1.807) is 0 Å². The second-order valence-electron chi connectivity index (χ2n) is 4.28. The van der Waals surface area contributed by atoms with Gasteiger partial charge in [-0.25, -0.2) is 0 Å². The molecule has 0 aromatic rings. The lowest BCUT2D eigenvalue weighted by Gasteiger charge is -2.34. The molecule has 2 unspecified atom stereocenters. The quantitative estimate of drug-likeness (QED) is 0.633. The van der Waals surface area contributed by atoms with Crippen molar-refractivity contribution in [2.45, 2.75) is 44.7 Å². The molecular formula is C10H20N2. The van der Waals surface area contributed by atoms with E-state index < -0.39 is 0 Å². The molecule has 2 rings (SSSR count). The molecule has 0 saturated carbocycles. The summed E-state index contributed by atoms with van der Waals surface area (Å²) in [6.07, 6.45) is 5.58. The van der Waals surface area contributed by atoms with Crippen LogP contribution in [0, 0.1) is 0 Å². The van der Waals surface area contributed by atoms with Gasteiger partial charge in [-0.1, -0.05) is 0 Å². The first-order chi connectivity index (χ1) is 5.86.